The zero-order valence-corrected chi connectivity index (χ0v) is 19.8. The molecule has 0 aromatic carbocycles. The molecule has 1 aromatic rings. The van der Waals surface area contributed by atoms with Crippen molar-refractivity contribution in [3.8, 4) is 0 Å². The zero-order chi connectivity index (χ0) is 23.1. The van der Waals surface area contributed by atoms with Crippen LogP contribution in [0.4, 0.5) is 4.79 Å². The minimum absolute atomic E-state index is 0. The van der Waals surface area contributed by atoms with Crippen molar-refractivity contribution in [1.29, 1.82) is 0 Å². The molecule has 1 atom stereocenters. The molecule has 3 rings (SSSR count). The molecule has 1 aliphatic heterocycles. The van der Waals surface area contributed by atoms with Gasteiger partial charge in [0.15, 0.2) is 0 Å². The number of rotatable bonds is 8. The van der Waals surface area contributed by atoms with Gasteiger partial charge in [-0.15, -0.1) is 10.2 Å². The van der Waals surface area contributed by atoms with Crippen LogP contribution in [0.2, 0.25) is 0 Å². The summed E-state index contributed by atoms with van der Waals surface area (Å²) in [7, 11) is 0. The fourth-order valence-electron chi connectivity index (χ4n) is 4.15. The topological polar surface area (TPSA) is 127 Å². The van der Waals surface area contributed by atoms with E-state index in [0.717, 1.165) is 19.3 Å². The fourth-order valence-corrected chi connectivity index (χ4v) is 4.44. The van der Waals surface area contributed by atoms with Crippen LogP contribution in [-0.2, 0) is 9.53 Å². The standard InChI is InChI=1S/C21H33N5O5S.2H2/c1-14(2)13-15(16(27)17-24-25-20(31-17)32-3)22-18(28)21(7-5-4-6-8-21)23-19(29)26-9-11-30-12-10-26;;/h14-15H,4-13H2,1-3H3,(H,22,28)(H,23,29);2*1H/t15-;;/m0../s1. The van der Waals surface area contributed by atoms with Crippen molar-refractivity contribution in [2.75, 3.05) is 32.6 Å². The van der Waals surface area contributed by atoms with E-state index in [0.29, 0.717) is 50.8 Å². The summed E-state index contributed by atoms with van der Waals surface area (Å²) in [6, 6.07) is -1.07. The maximum absolute atomic E-state index is 13.5. The van der Waals surface area contributed by atoms with Crippen molar-refractivity contribution < 1.29 is 26.4 Å². The van der Waals surface area contributed by atoms with E-state index in [4.69, 9.17) is 9.15 Å². The Hall–Kier alpha value is -2.14. The summed E-state index contributed by atoms with van der Waals surface area (Å²) in [5.41, 5.74) is -1.04. The predicted octanol–water partition coefficient (Wildman–Crippen LogP) is 2.74. The Morgan fingerprint density at radius 1 is 1.16 bits per heavy atom. The number of carbonyl (C=O) groups is 3. The van der Waals surface area contributed by atoms with Crippen molar-refractivity contribution in [1.82, 2.24) is 25.7 Å². The van der Waals surface area contributed by atoms with Gasteiger partial charge in [-0.25, -0.2) is 4.79 Å². The number of morpholine rings is 1. The van der Waals surface area contributed by atoms with Gasteiger partial charge in [0.2, 0.25) is 11.7 Å². The Morgan fingerprint density at radius 3 is 2.44 bits per heavy atom. The molecule has 32 heavy (non-hydrogen) atoms. The van der Waals surface area contributed by atoms with Crippen molar-refractivity contribution in [2.45, 2.75) is 69.2 Å². The molecule has 0 unspecified atom stereocenters. The van der Waals surface area contributed by atoms with Gasteiger partial charge in [0.1, 0.15) is 5.54 Å². The van der Waals surface area contributed by atoms with Crippen molar-refractivity contribution >= 4 is 29.5 Å². The SMILES string of the molecule is CSc1nnc(C(=O)[C@H](CC(C)C)NC(=O)C2(NC(=O)N3CCOCC3)CCCCC2)o1.[HH].[HH]. The van der Waals surface area contributed by atoms with Crippen LogP contribution in [-0.4, -0.2) is 77.0 Å². The molecule has 1 saturated heterocycles. The Balaban J connectivity index is 0.00000289. The number of aromatic nitrogens is 2. The smallest absolute Gasteiger partial charge is 0.318 e. The van der Waals surface area contributed by atoms with Crippen LogP contribution in [0.1, 0.15) is 65.9 Å². The van der Waals surface area contributed by atoms with Gasteiger partial charge in [-0.3, -0.25) is 9.59 Å². The third-order valence-electron chi connectivity index (χ3n) is 5.91. The van der Waals surface area contributed by atoms with Crippen LogP contribution in [0.15, 0.2) is 9.64 Å². The van der Waals surface area contributed by atoms with Crippen molar-refractivity contribution in [2.24, 2.45) is 5.92 Å². The summed E-state index contributed by atoms with van der Waals surface area (Å²) in [6.45, 7) is 5.91. The molecule has 1 aliphatic carbocycles. The monoisotopic (exact) mass is 471 g/mol. The third kappa shape index (κ3) is 6.00. The van der Waals surface area contributed by atoms with Gasteiger partial charge >= 0.3 is 6.03 Å². The average molecular weight is 472 g/mol. The number of thioether (sulfide) groups is 1. The maximum atomic E-state index is 13.5. The first-order valence-electron chi connectivity index (χ1n) is 11.2. The molecule has 3 amide bonds. The molecule has 2 heterocycles. The number of Topliss-reactive ketones (excluding diaryl/α,β-unsaturated/α-hetero) is 1. The summed E-state index contributed by atoms with van der Waals surface area (Å²) in [5.74, 6) is -0.708. The van der Waals surface area contributed by atoms with Gasteiger partial charge in [0.25, 0.3) is 11.1 Å². The number of ketones is 1. The first-order valence-corrected chi connectivity index (χ1v) is 12.4. The molecule has 0 spiro atoms. The van der Waals surface area contributed by atoms with E-state index in [1.54, 1.807) is 11.2 Å². The Bertz CT molecular complexity index is 813. The molecule has 1 saturated carbocycles. The molecule has 10 nitrogen and oxygen atoms in total. The van der Waals surface area contributed by atoms with Gasteiger partial charge in [-0.2, -0.15) is 0 Å². The number of nitrogens with zero attached hydrogens (tertiary/aromatic N) is 3. The van der Waals surface area contributed by atoms with Gasteiger partial charge in [0.05, 0.1) is 19.3 Å². The van der Waals surface area contributed by atoms with Crippen LogP contribution in [0.25, 0.3) is 0 Å². The van der Waals surface area contributed by atoms with E-state index in [9.17, 15) is 14.4 Å². The lowest BCUT2D eigenvalue weighted by Crippen LogP contribution is -2.64. The van der Waals surface area contributed by atoms with Crippen molar-refractivity contribution in [3.63, 3.8) is 0 Å². The first-order chi connectivity index (χ1) is 15.3. The number of amides is 3. The van der Waals surface area contributed by atoms with E-state index in [1.165, 1.54) is 11.8 Å². The summed E-state index contributed by atoms with van der Waals surface area (Å²) < 4.78 is 10.7. The first kappa shape index (κ1) is 24.5. The Kier molecular flexibility index (Phi) is 8.52. The van der Waals surface area contributed by atoms with E-state index in [2.05, 4.69) is 20.8 Å². The van der Waals surface area contributed by atoms with Crippen LogP contribution in [0.5, 0.6) is 0 Å². The van der Waals surface area contributed by atoms with Gasteiger partial charge in [0, 0.05) is 15.9 Å². The van der Waals surface area contributed by atoms with Gasteiger partial charge in [-0.05, 0) is 31.4 Å². The second kappa shape index (κ2) is 11.1. The molecule has 0 radical (unpaired) electrons. The number of carbonyl (C=O) groups excluding carboxylic acids is 3. The number of urea groups is 1. The molecule has 2 fully saturated rings. The van der Waals surface area contributed by atoms with E-state index >= 15 is 0 Å². The van der Waals surface area contributed by atoms with E-state index < -0.39 is 17.4 Å². The minimum Gasteiger partial charge on any atom is -0.408 e. The largest absolute Gasteiger partial charge is 0.408 e. The van der Waals surface area contributed by atoms with E-state index in [-0.39, 0.29) is 26.6 Å². The molecule has 1 aromatic heterocycles. The summed E-state index contributed by atoms with van der Waals surface area (Å²) in [4.78, 5) is 41.2. The Labute approximate surface area is 195 Å². The second-order valence-corrected chi connectivity index (χ2v) is 9.53. The fraction of sp³-hybridized carbons (Fsp3) is 0.762. The van der Waals surface area contributed by atoms with Crippen molar-refractivity contribution in [3.05, 3.63) is 5.89 Å². The molecule has 182 valence electrons. The summed E-state index contributed by atoms with van der Waals surface area (Å²) >= 11 is 1.25. The van der Waals surface area contributed by atoms with Crippen LogP contribution in [0.3, 0.4) is 0 Å². The number of ether oxygens (including phenoxy) is 1. The molecule has 11 heteroatoms. The molecule has 2 N–H and O–H groups in total. The summed E-state index contributed by atoms with van der Waals surface area (Å²) in [6.07, 6.45) is 5.95. The second-order valence-electron chi connectivity index (χ2n) is 8.77. The highest BCUT2D eigenvalue weighted by molar-refractivity contribution is 7.98. The van der Waals surface area contributed by atoms with Crippen LogP contribution >= 0.6 is 11.8 Å². The lowest BCUT2D eigenvalue weighted by Gasteiger charge is -2.39. The minimum atomic E-state index is -1.04. The Morgan fingerprint density at radius 2 is 1.84 bits per heavy atom. The maximum Gasteiger partial charge on any atom is 0.318 e. The molecular formula is C21H37N5O5S. The normalized spacial score (nSPS) is 19.4. The molecular weight excluding hydrogens is 434 g/mol. The zero-order valence-electron chi connectivity index (χ0n) is 19.0. The van der Waals surface area contributed by atoms with Crippen LogP contribution in [0, 0.1) is 5.92 Å². The highest BCUT2D eigenvalue weighted by Gasteiger charge is 2.43. The summed E-state index contributed by atoms with van der Waals surface area (Å²) in [5, 5.41) is 13.9. The molecule has 0 bridgehead atoms. The number of hydrogen-bond donors (Lipinski definition) is 2. The third-order valence-corrected chi connectivity index (χ3v) is 6.42. The lowest BCUT2D eigenvalue weighted by molar-refractivity contribution is -0.129. The number of nitrogens with one attached hydrogen (secondary N) is 2. The molecule has 2 aliphatic rings. The van der Waals surface area contributed by atoms with Gasteiger partial charge in [-0.1, -0.05) is 44.9 Å². The highest BCUT2D eigenvalue weighted by atomic mass is 32.2. The average Bonchev–Trinajstić information content (AvgIpc) is 3.28. The number of hydrogen-bond acceptors (Lipinski definition) is 8. The quantitative estimate of drug-likeness (QED) is 0.438. The highest BCUT2D eigenvalue weighted by Crippen LogP contribution is 2.29. The van der Waals surface area contributed by atoms with Gasteiger partial charge < -0.3 is 24.7 Å². The van der Waals surface area contributed by atoms with E-state index in [1.807, 2.05) is 13.8 Å². The lowest BCUT2D eigenvalue weighted by atomic mass is 9.80. The predicted molar refractivity (Wildman–Crippen MR) is 123 cm³/mol. The van der Waals surface area contributed by atoms with Crippen LogP contribution < -0.4 is 10.6 Å².